The van der Waals surface area contributed by atoms with Crippen molar-refractivity contribution in [3.63, 3.8) is 0 Å². The summed E-state index contributed by atoms with van der Waals surface area (Å²) in [4.78, 5) is 62.4. The van der Waals surface area contributed by atoms with Crippen LogP contribution in [0.5, 0.6) is 0 Å². The van der Waals surface area contributed by atoms with Crippen LogP contribution in [0, 0.1) is 5.82 Å². The van der Waals surface area contributed by atoms with Crippen molar-refractivity contribution in [1.29, 1.82) is 0 Å². The van der Waals surface area contributed by atoms with Crippen molar-refractivity contribution in [2.24, 2.45) is 0 Å². The van der Waals surface area contributed by atoms with E-state index in [9.17, 15) is 28.4 Å². The predicted octanol–water partition coefficient (Wildman–Crippen LogP) is 2.17. The molecule has 0 saturated heterocycles. The van der Waals surface area contributed by atoms with Gasteiger partial charge in [0.1, 0.15) is 18.1 Å². The molecule has 0 aliphatic carbocycles. The molecular formula is C29H28FN3O5. The van der Waals surface area contributed by atoms with Gasteiger partial charge in [0.25, 0.3) is 11.8 Å². The molecule has 0 heterocycles. The number of benzene rings is 3. The minimum Gasteiger partial charge on any atom is -0.344 e. The third-order valence-electron chi connectivity index (χ3n) is 5.78. The largest absolute Gasteiger partial charge is 0.344 e. The fourth-order valence-corrected chi connectivity index (χ4v) is 3.76. The molecular weight excluding hydrogens is 489 g/mol. The summed E-state index contributed by atoms with van der Waals surface area (Å²) in [7, 11) is 0. The van der Waals surface area contributed by atoms with Crippen molar-refractivity contribution < 1.29 is 28.4 Å². The highest BCUT2D eigenvalue weighted by Crippen LogP contribution is 2.09. The summed E-state index contributed by atoms with van der Waals surface area (Å²) >= 11 is 0. The number of ketones is 1. The Bertz CT molecular complexity index is 1280. The summed E-state index contributed by atoms with van der Waals surface area (Å²) < 4.78 is 14.1. The Hall–Kier alpha value is -4.66. The van der Waals surface area contributed by atoms with E-state index in [0.717, 1.165) is 11.6 Å². The second kappa shape index (κ2) is 13.6. The quantitative estimate of drug-likeness (QED) is 0.251. The molecule has 3 N–H and O–H groups in total. The summed E-state index contributed by atoms with van der Waals surface area (Å²) in [6.45, 7) is 1.32. The molecule has 0 bridgehead atoms. The maximum atomic E-state index is 14.1. The number of nitrogens with one attached hydrogen (secondary N) is 3. The minimum atomic E-state index is -1.25. The molecule has 8 nitrogen and oxygen atoms in total. The molecule has 3 aromatic carbocycles. The maximum absolute atomic E-state index is 14.1. The summed E-state index contributed by atoms with van der Waals surface area (Å²) in [6.07, 6.45) is 0.797. The van der Waals surface area contributed by atoms with Crippen LogP contribution in [-0.2, 0) is 32.0 Å². The van der Waals surface area contributed by atoms with Gasteiger partial charge in [0.15, 0.2) is 0 Å². The molecule has 3 aromatic rings. The van der Waals surface area contributed by atoms with E-state index in [1.807, 2.05) is 6.07 Å². The Morgan fingerprint density at radius 3 is 1.89 bits per heavy atom. The van der Waals surface area contributed by atoms with Crippen molar-refractivity contribution in [1.82, 2.24) is 16.0 Å². The van der Waals surface area contributed by atoms with Gasteiger partial charge in [-0.1, -0.05) is 72.8 Å². The van der Waals surface area contributed by atoms with Crippen LogP contribution in [0.2, 0.25) is 0 Å². The average molecular weight is 518 g/mol. The van der Waals surface area contributed by atoms with Crippen LogP contribution in [0.4, 0.5) is 4.39 Å². The molecule has 196 valence electrons. The lowest BCUT2D eigenvalue weighted by Gasteiger charge is -2.21. The lowest BCUT2D eigenvalue weighted by molar-refractivity contribution is -0.140. The zero-order valence-corrected chi connectivity index (χ0v) is 20.7. The van der Waals surface area contributed by atoms with Crippen LogP contribution in [0.3, 0.4) is 0 Å². The molecule has 38 heavy (non-hydrogen) atoms. The van der Waals surface area contributed by atoms with Crippen molar-refractivity contribution in [3.05, 3.63) is 107 Å². The van der Waals surface area contributed by atoms with Gasteiger partial charge in [-0.3, -0.25) is 19.2 Å². The summed E-state index contributed by atoms with van der Waals surface area (Å²) in [6, 6.07) is 19.8. The Kier molecular flexibility index (Phi) is 9.99. The first-order valence-corrected chi connectivity index (χ1v) is 12.0. The predicted molar refractivity (Wildman–Crippen MR) is 139 cm³/mol. The number of carbonyl (C=O) groups is 5. The lowest BCUT2D eigenvalue weighted by Crippen LogP contribution is -2.54. The molecule has 1 unspecified atom stereocenters. The number of aldehydes is 1. The van der Waals surface area contributed by atoms with Gasteiger partial charge in [0.2, 0.25) is 11.7 Å². The molecule has 3 atom stereocenters. The third kappa shape index (κ3) is 7.92. The Labute approximate surface area is 219 Å². The fourth-order valence-electron chi connectivity index (χ4n) is 3.76. The normalized spacial score (nSPS) is 12.9. The highest BCUT2D eigenvalue weighted by Gasteiger charge is 2.29. The van der Waals surface area contributed by atoms with Gasteiger partial charge in [0.05, 0.1) is 17.6 Å². The zero-order chi connectivity index (χ0) is 27.5. The first-order chi connectivity index (χ1) is 18.3. The van der Waals surface area contributed by atoms with Crippen LogP contribution in [0.25, 0.3) is 0 Å². The third-order valence-corrected chi connectivity index (χ3v) is 5.78. The van der Waals surface area contributed by atoms with E-state index in [2.05, 4.69) is 16.0 Å². The first-order valence-electron chi connectivity index (χ1n) is 12.0. The maximum Gasteiger partial charge on any atom is 0.290 e. The summed E-state index contributed by atoms with van der Waals surface area (Å²) in [5.41, 5.74) is 1.28. The fraction of sp³-hybridized carbons (Fsp3) is 0.207. The van der Waals surface area contributed by atoms with Gasteiger partial charge in [-0.2, -0.15) is 0 Å². The molecule has 3 rings (SSSR count). The van der Waals surface area contributed by atoms with E-state index in [0.29, 0.717) is 11.8 Å². The molecule has 0 fully saturated rings. The van der Waals surface area contributed by atoms with E-state index < -0.39 is 47.4 Å². The van der Waals surface area contributed by atoms with Crippen molar-refractivity contribution in [3.8, 4) is 0 Å². The van der Waals surface area contributed by atoms with Gasteiger partial charge in [0, 0.05) is 6.42 Å². The van der Waals surface area contributed by atoms with Crippen molar-refractivity contribution in [2.75, 3.05) is 0 Å². The van der Waals surface area contributed by atoms with Crippen LogP contribution >= 0.6 is 0 Å². The summed E-state index contributed by atoms with van der Waals surface area (Å²) in [5.74, 6) is -4.27. The highest BCUT2D eigenvalue weighted by molar-refractivity contribution is 6.38. The summed E-state index contributed by atoms with van der Waals surface area (Å²) in [5, 5.41) is 7.34. The second-order valence-electron chi connectivity index (χ2n) is 8.70. The Balaban J connectivity index is 1.67. The van der Waals surface area contributed by atoms with E-state index >= 15 is 0 Å². The number of halogens is 1. The topological polar surface area (TPSA) is 121 Å². The number of hydrogen-bond acceptors (Lipinski definition) is 5. The molecule has 3 amide bonds. The monoisotopic (exact) mass is 517 g/mol. The molecule has 0 radical (unpaired) electrons. The van der Waals surface area contributed by atoms with Crippen molar-refractivity contribution in [2.45, 2.75) is 37.9 Å². The molecule has 0 saturated carbocycles. The Morgan fingerprint density at radius 1 is 0.763 bits per heavy atom. The molecule has 0 aliphatic rings. The van der Waals surface area contributed by atoms with Gasteiger partial charge < -0.3 is 20.7 Å². The smallest absolute Gasteiger partial charge is 0.290 e. The van der Waals surface area contributed by atoms with Crippen LogP contribution in [0.1, 0.15) is 28.4 Å². The standard InChI is InChI=1S/C29H28FN3O5/c1-19(26(35)29(38)32-22(18-34)16-20-10-4-2-5-11-20)31-28(37)25(17-21-12-6-3-7-13-21)33-27(36)23-14-8-9-15-24(23)30/h2-15,18-19,22,25H,16-17H2,1H3,(H,31,37)(H,32,38)(H,33,36)/t19?,22-,25-/m0/s1. The highest BCUT2D eigenvalue weighted by atomic mass is 19.1. The van der Waals surface area contributed by atoms with E-state index in [1.165, 1.54) is 25.1 Å². The number of amides is 3. The zero-order valence-electron chi connectivity index (χ0n) is 20.7. The average Bonchev–Trinajstić information content (AvgIpc) is 2.93. The molecule has 0 aliphatic heterocycles. The molecule has 0 aromatic heterocycles. The van der Waals surface area contributed by atoms with Gasteiger partial charge in [-0.05, 0) is 36.6 Å². The van der Waals surface area contributed by atoms with Crippen molar-refractivity contribution >= 4 is 29.8 Å². The minimum absolute atomic E-state index is 0.0598. The van der Waals surface area contributed by atoms with Gasteiger partial charge >= 0.3 is 0 Å². The molecule has 9 heteroatoms. The van der Waals surface area contributed by atoms with E-state index in [1.54, 1.807) is 54.6 Å². The number of rotatable bonds is 12. The number of Topliss-reactive ketones (excluding diaryl/α,β-unsaturated/α-hetero) is 1. The van der Waals surface area contributed by atoms with E-state index in [-0.39, 0.29) is 18.4 Å². The number of hydrogen-bond donors (Lipinski definition) is 3. The van der Waals surface area contributed by atoms with E-state index in [4.69, 9.17) is 0 Å². The van der Waals surface area contributed by atoms with Gasteiger partial charge in [-0.15, -0.1) is 0 Å². The van der Waals surface area contributed by atoms with Crippen LogP contribution in [-0.4, -0.2) is 47.9 Å². The SMILES string of the molecule is CC(NC(=O)[C@H](Cc1ccccc1)NC(=O)c1ccccc1F)C(=O)C(=O)N[C@H](C=O)Cc1ccccc1. The second-order valence-corrected chi connectivity index (χ2v) is 8.70. The van der Waals surface area contributed by atoms with Gasteiger partial charge in [-0.25, -0.2) is 4.39 Å². The van der Waals surface area contributed by atoms with Crippen LogP contribution < -0.4 is 16.0 Å². The lowest BCUT2D eigenvalue weighted by atomic mass is 10.0. The number of carbonyl (C=O) groups excluding carboxylic acids is 5. The Morgan fingerprint density at radius 2 is 1.32 bits per heavy atom. The molecule has 0 spiro atoms. The first kappa shape index (κ1) is 27.9. The van der Waals surface area contributed by atoms with Crippen LogP contribution in [0.15, 0.2) is 84.9 Å².